The maximum absolute atomic E-state index is 13.3. The summed E-state index contributed by atoms with van der Waals surface area (Å²) < 4.78 is 88.5. The number of amides is 2. The Morgan fingerprint density at radius 2 is 1.02 bits per heavy atom. The van der Waals surface area contributed by atoms with Gasteiger partial charge >= 0.3 is 12.4 Å². The van der Waals surface area contributed by atoms with Crippen LogP contribution in [0.4, 0.5) is 26.3 Å². The minimum Gasteiger partial charge on any atom is -0.489 e. The van der Waals surface area contributed by atoms with Crippen LogP contribution in [0.3, 0.4) is 0 Å². The summed E-state index contributed by atoms with van der Waals surface area (Å²) in [6.07, 6.45) is -10.1. The van der Waals surface area contributed by atoms with Crippen molar-refractivity contribution in [2.24, 2.45) is 0 Å². The second-order valence-corrected chi connectivity index (χ2v) is 11.0. The van der Waals surface area contributed by atoms with Gasteiger partial charge in [-0.05, 0) is 82.9 Å². The van der Waals surface area contributed by atoms with E-state index in [0.29, 0.717) is 44.9 Å². The minimum absolute atomic E-state index is 0.00795. The van der Waals surface area contributed by atoms with E-state index in [2.05, 4.69) is 6.07 Å². The number of halogens is 6. The Balaban J connectivity index is 1.10. The molecule has 6 rings (SSSR count). The van der Waals surface area contributed by atoms with Crippen molar-refractivity contribution >= 4 is 11.8 Å². The molecule has 240 valence electrons. The van der Waals surface area contributed by atoms with Crippen LogP contribution in [0.1, 0.15) is 54.1 Å². The molecule has 0 bridgehead atoms. The number of nitriles is 1. The average Bonchev–Trinajstić information content (AvgIpc) is 3.54. The molecule has 4 aromatic carbocycles. The van der Waals surface area contributed by atoms with Gasteiger partial charge in [-0.15, -0.1) is 0 Å². The fourth-order valence-electron chi connectivity index (χ4n) is 5.43. The molecule has 2 aliphatic heterocycles. The Morgan fingerprint density at radius 3 is 1.36 bits per heavy atom. The van der Waals surface area contributed by atoms with Gasteiger partial charge < -0.3 is 19.3 Å². The molecule has 0 saturated heterocycles. The zero-order valence-electron chi connectivity index (χ0n) is 24.2. The van der Waals surface area contributed by atoms with Crippen molar-refractivity contribution in [2.75, 3.05) is 0 Å². The van der Waals surface area contributed by atoms with Gasteiger partial charge in [0.05, 0.1) is 11.1 Å². The SMILES string of the molecule is N#CC(N1Cc2cc(OCc3ccc(C(F)(F)F)cc3)ccc2C1=O)N1Cc2cc(OCc3ccc(C(F)(F)F)cc3)ccc2C1=O. The zero-order chi connectivity index (χ0) is 33.5. The van der Waals surface area contributed by atoms with Crippen molar-refractivity contribution in [3.05, 3.63) is 129 Å². The summed E-state index contributed by atoms with van der Waals surface area (Å²) in [5.74, 6) is -0.157. The standard InChI is InChI=1S/C34H23F6N3O4/c35-33(36,37)24-5-1-20(2-6-24)18-46-26-9-11-28-22(13-26)16-42(31(28)44)30(15-41)43-17-23-14-27(10-12-29(23)32(43)45)47-19-21-3-7-25(8-4-21)34(38,39)40/h1-14,30H,16-19H2. The smallest absolute Gasteiger partial charge is 0.416 e. The second kappa shape index (κ2) is 12.0. The summed E-state index contributed by atoms with van der Waals surface area (Å²) >= 11 is 0. The lowest BCUT2D eigenvalue weighted by atomic mass is 10.1. The topological polar surface area (TPSA) is 82.9 Å². The number of benzene rings is 4. The van der Waals surface area contributed by atoms with Gasteiger partial charge in [0.25, 0.3) is 11.8 Å². The molecular weight excluding hydrogens is 628 g/mol. The van der Waals surface area contributed by atoms with Crippen LogP contribution < -0.4 is 9.47 Å². The van der Waals surface area contributed by atoms with Crippen LogP contribution in [0.25, 0.3) is 0 Å². The predicted octanol–water partition coefficient (Wildman–Crippen LogP) is 7.34. The Kier molecular flexibility index (Phi) is 8.05. The molecule has 0 saturated carbocycles. The maximum atomic E-state index is 13.3. The first-order valence-corrected chi connectivity index (χ1v) is 14.2. The molecule has 0 aliphatic carbocycles. The molecule has 2 amide bonds. The molecule has 4 aromatic rings. The van der Waals surface area contributed by atoms with Gasteiger partial charge in [-0.2, -0.15) is 31.6 Å². The number of carbonyl (C=O) groups is 2. The van der Waals surface area contributed by atoms with Crippen LogP contribution in [-0.2, 0) is 38.7 Å². The first kappa shape index (κ1) is 31.5. The highest BCUT2D eigenvalue weighted by Gasteiger charge is 2.41. The lowest BCUT2D eigenvalue weighted by Crippen LogP contribution is -2.47. The number of ether oxygens (including phenoxy) is 2. The lowest BCUT2D eigenvalue weighted by Gasteiger charge is -2.29. The molecule has 2 heterocycles. The number of carbonyl (C=O) groups excluding carboxylic acids is 2. The number of hydrogen-bond acceptors (Lipinski definition) is 5. The fraction of sp³-hybridized carbons (Fsp3) is 0.206. The van der Waals surface area contributed by atoms with Crippen molar-refractivity contribution in [2.45, 2.75) is 44.8 Å². The average molecular weight is 652 g/mol. The fourth-order valence-corrected chi connectivity index (χ4v) is 5.43. The number of fused-ring (bicyclic) bond motifs is 2. The van der Waals surface area contributed by atoms with Gasteiger partial charge in [0.15, 0.2) is 6.17 Å². The quantitative estimate of drug-likeness (QED) is 0.186. The van der Waals surface area contributed by atoms with Crippen LogP contribution in [0.15, 0.2) is 84.9 Å². The maximum Gasteiger partial charge on any atom is 0.416 e. The highest BCUT2D eigenvalue weighted by molar-refractivity contribution is 6.01. The summed E-state index contributed by atoms with van der Waals surface area (Å²) in [6.45, 7) is 0.0228. The third-order valence-electron chi connectivity index (χ3n) is 7.90. The van der Waals surface area contributed by atoms with Gasteiger partial charge in [0.1, 0.15) is 30.8 Å². The van der Waals surface area contributed by atoms with E-state index in [1.54, 1.807) is 24.3 Å². The molecule has 7 nitrogen and oxygen atoms in total. The van der Waals surface area contributed by atoms with E-state index >= 15 is 0 Å². The Bertz CT molecular complexity index is 1750. The zero-order valence-corrected chi connectivity index (χ0v) is 24.2. The molecule has 0 N–H and O–H groups in total. The van der Waals surface area contributed by atoms with Crippen molar-refractivity contribution in [3.8, 4) is 17.6 Å². The van der Waals surface area contributed by atoms with E-state index < -0.39 is 41.5 Å². The van der Waals surface area contributed by atoms with Crippen LogP contribution >= 0.6 is 0 Å². The summed E-state index contributed by atoms with van der Waals surface area (Å²) in [5, 5.41) is 10.1. The van der Waals surface area contributed by atoms with E-state index in [1.165, 1.54) is 46.2 Å². The van der Waals surface area contributed by atoms with Crippen molar-refractivity contribution in [3.63, 3.8) is 0 Å². The molecule has 0 aromatic heterocycles. The molecule has 2 aliphatic rings. The van der Waals surface area contributed by atoms with Gasteiger partial charge in [-0.25, -0.2) is 0 Å². The van der Waals surface area contributed by atoms with Crippen molar-refractivity contribution < 1.29 is 45.4 Å². The molecule has 47 heavy (non-hydrogen) atoms. The third-order valence-corrected chi connectivity index (χ3v) is 7.90. The normalized spacial score (nSPS) is 14.3. The summed E-state index contributed by atoms with van der Waals surface area (Å²) in [4.78, 5) is 29.2. The van der Waals surface area contributed by atoms with Gasteiger partial charge in [0.2, 0.25) is 0 Å². The Morgan fingerprint density at radius 1 is 0.638 bits per heavy atom. The number of rotatable bonds is 8. The van der Waals surface area contributed by atoms with E-state index in [0.717, 1.165) is 24.3 Å². The van der Waals surface area contributed by atoms with E-state index in [-0.39, 0.29) is 26.3 Å². The van der Waals surface area contributed by atoms with E-state index in [4.69, 9.17) is 9.47 Å². The lowest BCUT2D eigenvalue weighted by molar-refractivity contribution is -0.138. The Labute approximate surface area is 264 Å². The first-order valence-electron chi connectivity index (χ1n) is 14.2. The predicted molar refractivity (Wildman–Crippen MR) is 154 cm³/mol. The minimum atomic E-state index is -4.44. The Hall–Kier alpha value is -5.51. The highest BCUT2D eigenvalue weighted by Crippen LogP contribution is 2.35. The summed E-state index contributed by atoms with van der Waals surface area (Å²) in [5.41, 5.74) is 1.27. The molecule has 13 heteroatoms. The third kappa shape index (κ3) is 6.44. The van der Waals surface area contributed by atoms with Crippen LogP contribution in [0.2, 0.25) is 0 Å². The summed E-state index contributed by atoms with van der Waals surface area (Å²) in [7, 11) is 0. The molecular formula is C34H23F6N3O4. The monoisotopic (exact) mass is 651 g/mol. The molecule has 0 atom stereocenters. The van der Waals surface area contributed by atoms with Crippen LogP contribution in [0.5, 0.6) is 11.5 Å². The number of nitrogens with zero attached hydrogens (tertiary/aromatic N) is 3. The van der Waals surface area contributed by atoms with Crippen LogP contribution in [-0.4, -0.2) is 27.8 Å². The number of alkyl halides is 6. The van der Waals surface area contributed by atoms with E-state index in [9.17, 15) is 41.2 Å². The summed E-state index contributed by atoms with van der Waals surface area (Å²) in [6, 6.07) is 20.6. The van der Waals surface area contributed by atoms with Crippen molar-refractivity contribution in [1.82, 2.24) is 9.80 Å². The molecule has 0 fully saturated rings. The van der Waals surface area contributed by atoms with Gasteiger partial charge in [-0.1, -0.05) is 24.3 Å². The first-order chi connectivity index (χ1) is 22.3. The second-order valence-electron chi connectivity index (χ2n) is 11.0. The molecule has 0 unspecified atom stereocenters. The number of hydrogen-bond donors (Lipinski definition) is 0. The molecule has 0 spiro atoms. The largest absolute Gasteiger partial charge is 0.489 e. The van der Waals surface area contributed by atoms with Gasteiger partial charge in [-0.3, -0.25) is 9.59 Å². The van der Waals surface area contributed by atoms with Crippen LogP contribution in [0, 0.1) is 11.3 Å². The van der Waals surface area contributed by atoms with Gasteiger partial charge in [0, 0.05) is 24.2 Å². The van der Waals surface area contributed by atoms with Crippen molar-refractivity contribution in [1.29, 1.82) is 5.26 Å². The highest BCUT2D eigenvalue weighted by atomic mass is 19.4. The molecule has 0 radical (unpaired) electrons. The van der Waals surface area contributed by atoms with E-state index in [1.807, 2.05) is 0 Å².